The number of unbranched alkanes of at least 4 members (excludes halogenated alkanes) is 3. The van der Waals surface area contributed by atoms with Crippen LogP contribution >= 0.6 is 0 Å². The maximum atomic E-state index is 12.9. The van der Waals surface area contributed by atoms with Crippen LogP contribution < -0.4 is 0 Å². The molecule has 0 bridgehead atoms. The topological polar surface area (TPSA) is 78.9 Å². The first kappa shape index (κ1) is 31.1. The van der Waals surface area contributed by atoms with Gasteiger partial charge in [-0.05, 0) is 91.6 Å². The first-order valence-corrected chi connectivity index (χ1v) is 15.7. The molecule has 0 N–H and O–H groups in total. The van der Waals surface area contributed by atoms with Crippen LogP contribution in [-0.2, 0) is 30.6 Å². The fourth-order valence-corrected chi connectivity index (χ4v) is 5.18. The van der Waals surface area contributed by atoms with Gasteiger partial charge in [0.05, 0.1) is 16.7 Å². The molecule has 3 aromatic carbocycles. The van der Waals surface area contributed by atoms with Crippen LogP contribution in [0.1, 0.15) is 107 Å². The summed E-state index contributed by atoms with van der Waals surface area (Å²) in [6.45, 7) is 6.38. The van der Waals surface area contributed by atoms with Gasteiger partial charge < -0.3 is 11.4 Å². The van der Waals surface area contributed by atoms with Crippen molar-refractivity contribution in [1.82, 2.24) is 0 Å². The van der Waals surface area contributed by atoms with Crippen LogP contribution in [0.15, 0.2) is 72.8 Å². The first-order chi connectivity index (χ1) is 19.4. The van der Waals surface area contributed by atoms with Crippen molar-refractivity contribution in [1.29, 1.82) is 0 Å². The third-order valence-corrected chi connectivity index (χ3v) is 7.86. The van der Waals surface area contributed by atoms with Gasteiger partial charge in [0, 0.05) is 0 Å². The van der Waals surface area contributed by atoms with E-state index in [4.69, 9.17) is 11.4 Å². The molecule has 0 heterocycles. The van der Waals surface area contributed by atoms with Gasteiger partial charge in [0.2, 0.25) is 0 Å². The predicted molar refractivity (Wildman–Crippen MR) is 157 cm³/mol. The van der Waals surface area contributed by atoms with Crippen molar-refractivity contribution in [3.63, 3.8) is 0 Å². The van der Waals surface area contributed by atoms with Gasteiger partial charge in [-0.3, -0.25) is 0 Å². The predicted octanol–water partition coefficient (Wildman–Crippen LogP) is 7.57. The van der Waals surface area contributed by atoms with E-state index >= 15 is 0 Å². The van der Waals surface area contributed by atoms with E-state index in [1.807, 2.05) is 36.4 Å². The van der Waals surface area contributed by atoms with Gasteiger partial charge in [0.15, 0.2) is 0 Å². The molecule has 3 rings (SSSR count). The second kappa shape index (κ2) is 16.6. The number of carbonyl (C=O) groups excluding carboxylic acids is 3. The zero-order valence-corrected chi connectivity index (χ0v) is 25.0. The molecule has 0 atom stereocenters. The number of hydrogen-bond donors (Lipinski definition) is 0. The molecule has 7 heteroatoms. The van der Waals surface area contributed by atoms with E-state index in [1.165, 1.54) is 0 Å². The molecule has 3 aromatic rings. The minimum atomic E-state index is -3.56. The summed E-state index contributed by atoms with van der Waals surface area (Å²) in [7, 11) is 0. The Morgan fingerprint density at radius 2 is 0.725 bits per heavy atom. The SMILES string of the molecule is CCCCc1ccc(C(=O)[O][Al]([O]C(=O)c2ccc(CCCC)cc2)[O]C(=O)c2ccc(CCCC)cc2)cc1. The zero-order chi connectivity index (χ0) is 28.7. The highest BCUT2D eigenvalue weighted by Gasteiger charge is 2.49. The summed E-state index contributed by atoms with van der Waals surface area (Å²) < 4.78 is 16.5. The second-order valence-corrected chi connectivity index (χ2v) is 11.2. The zero-order valence-electron chi connectivity index (χ0n) is 23.8. The van der Waals surface area contributed by atoms with E-state index < -0.39 is 33.1 Å². The van der Waals surface area contributed by atoms with Crippen molar-refractivity contribution in [3.05, 3.63) is 106 Å². The summed E-state index contributed by atoms with van der Waals surface area (Å²) in [5.74, 6) is -2.11. The molecular formula is C33H39AlO6. The summed E-state index contributed by atoms with van der Waals surface area (Å²) >= 11 is -3.56. The van der Waals surface area contributed by atoms with Gasteiger partial charge in [0.1, 0.15) is 0 Å². The highest BCUT2D eigenvalue weighted by atomic mass is 27.3. The van der Waals surface area contributed by atoms with Crippen LogP contribution in [0.25, 0.3) is 0 Å². The maximum absolute atomic E-state index is 12.9. The van der Waals surface area contributed by atoms with E-state index in [0.717, 1.165) is 74.5 Å². The fourth-order valence-electron chi connectivity index (χ4n) is 4.10. The summed E-state index contributed by atoms with van der Waals surface area (Å²) in [6, 6.07) is 21.3. The molecule has 0 spiro atoms. The monoisotopic (exact) mass is 558 g/mol. The maximum Gasteiger partial charge on any atom is 1.20 e. The Hall–Kier alpha value is -3.40. The van der Waals surface area contributed by atoms with E-state index in [9.17, 15) is 14.4 Å². The number of hydrogen-bond acceptors (Lipinski definition) is 6. The van der Waals surface area contributed by atoms with E-state index in [1.54, 1.807) is 36.4 Å². The van der Waals surface area contributed by atoms with Crippen LogP contribution in [-0.4, -0.2) is 33.1 Å². The Morgan fingerprint density at radius 3 is 0.950 bits per heavy atom. The van der Waals surface area contributed by atoms with E-state index in [2.05, 4.69) is 20.8 Å². The minimum Gasteiger partial charge on any atom is -0.547 e. The summed E-state index contributed by atoms with van der Waals surface area (Å²) in [6.07, 6.45) is 9.19. The van der Waals surface area contributed by atoms with Crippen molar-refractivity contribution in [2.75, 3.05) is 0 Å². The first-order valence-electron chi connectivity index (χ1n) is 14.3. The van der Waals surface area contributed by atoms with E-state index in [-0.39, 0.29) is 0 Å². The van der Waals surface area contributed by atoms with Crippen LogP contribution in [0.5, 0.6) is 0 Å². The lowest BCUT2D eigenvalue weighted by molar-refractivity contribution is 0.0410. The summed E-state index contributed by atoms with van der Waals surface area (Å²) in [5.41, 5.74) is 4.25. The van der Waals surface area contributed by atoms with Gasteiger partial charge in [0.25, 0.3) is 0 Å². The third kappa shape index (κ3) is 9.97. The fraction of sp³-hybridized carbons (Fsp3) is 0.364. The lowest BCUT2D eigenvalue weighted by Gasteiger charge is -2.14. The molecule has 0 radical (unpaired) electrons. The number of rotatable bonds is 15. The number of carbonyl (C=O) groups is 3. The van der Waals surface area contributed by atoms with Crippen molar-refractivity contribution in [3.8, 4) is 0 Å². The molecule has 210 valence electrons. The second-order valence-electron chi connectivity index (χ2n) is 9.91. The van der Waals surface area contributed by atoms with Crippen molar-refractivity contribution in [2.45, 2.75) is 78.6 Å². The molecule has 0 aromatic heterocycles. The molecule has 6 nitrogen and oxygen atoms in total. The van der Waals surface area contributed by atoms with Gasteiger partial charge in [-0.1, -0.05) is 76.4 Å². The molecule has 0 aliphatic rings. The molecular weight excluding hydrogens is 519 g/mol. The molecule has 0 saturated carbocycles. The van der Waals surface area contributed by atoms with Crippen LogP contribution in [0.3, 0.4) is 0 Å². The molecule has 0 aliphatic carbocycles. The summed E-state index contributed by atoms with van der Waals surface area (Å²) in [5, 5.41) is 0. The van der Waals surface area contributed by atoms with Crippen molar-refractivity contribution in [2.24, 2.45) is 0 Å². The Morgan fingerprint density at radius 1 is 0.475 bits per heavy atom. The van der Waals surface area contributed by atoms with Crippen molar-refractivity contribution >= 4 is 33.1 Å². The van der Waals surface area contributed by atoms with Gasteiger partial charge in [-0.25, -0.2) is 14.4 Å². The highest BCUT2D eigenvalue weighted by Crippen LogP contribution is 2.15. The molecule has 0 aliphatic heterocycles. The number of benzene rings is 3. The lowest BCUT2D eigenvalue weighted by Crippen LogP contribution is -2.35. The van der Waals surface area contributed by atoms with Crippen molar-refractivity contribution < 1.29 is 25.7 Å². The van der Waals surface area contributed by atoms with E-state index in [0.29, 0.717) is 16.7 Å². The minimum absolute atomic E-state index is 0.297. The lowest BCUT2D eigenvalue weighted by atomic mass is 10.1. The summed E-state index contributed by atoms with van der Waals surface area (Å²) in [4.78, 5) is 38.8. The van der Waals surface area contributed by atoms with Crippen LogP contribution in [0, 0.1) is 0 Å². The molecule has 0 saturated heterocycles. The quantitative estimate of drug-likeness (QED) is 0.179. The Bertz CT molecular complexity index is 1060. The standard InChI is InChI=1S/3C11H14O2.Al/c3*1-2-3-4-9-5-7-10(8-6-9)11(12)13;/h3*5-8H,2-4H2,1H3,(H,12,13);/q;;;+3/p-3. The molecule has 0 amide bonds. The van der Waals surface area contributed by atoms with Gasteiger partial charge in [-0.2, -0.15) is 0 Å². The average Bonchev–Trinajstić information content (AvgIpc) is 2.98. The normalized spacial score (nSPS) is 10.6. The van der Waals surface area contributed by atoms with Gasteiger partial charge >= 0.3 is 33.1 Å². The Kier molecular flexibility index (Phi) is 13.0. The van der Waals surface area contributed by atoms with Crippen LogP contribution in [0.2, 0.25) is 0 Å². The molecule has 40 heavy (non-hydrogen) atoms. The largest absolute Gasteiger partial charge is 1.20 e. The Labute approximate surface area is 243 Å². The average molecular weight is 559 g/mol. The molecule has 0 fully saturated rings. The van der Waals surface area contributed by atoms with Gasteiger partial charge in [-0.15, -0.1) is 0 Å². The third-order valence-electron chi connectivity index (χ3n) is 6.64. The smallest absolute Gasteiger partial charge is 0.547 e. The Balaban J connectivity index is 1.73. The molecule has 0 unspecified atom stereocenters. The number of aryl methyl sites for hydroxylation is 3. The van der Waals surface area contributed by atoms with Crippen LogP contribution in [0.4, 0.5) is 0 Å². The highest BCUT2D eigenvalue weighted by molar-refractivity contribution is 6.45.